The predicted octanol–water partition coefficient (Wildman–Crippen LogP) is 5.90. The third-order valence-electron chi connectivity index (χ3n) is 6.57. The third-order valence-corrected chi connectivity index (χ3v) is 6.57. The molecule has 0 radical (unpaired) electrons. The lowest BCUT2D eigenvalue weighted by molar-refractivity contribution is 0.146. The summed E-state index contributed by atoms with van der Waals surface area (Å²) in [7, 11) is 0. The Hall–Kier alpha value is -3.01. The third kappa shape index (κ3) is 3.74. The maximum Gasteiger partial charge on any atom is 0.408 e. The van der Waals surface area contributed by atoms with Gasteiger partial charge in [-0.15, -0.1) is 0 Å². The van der Waals surface area contributed by atoms with E-state index in [1.807, 2.05) is 6.92 Å². The van der Waals surface area contributed by atoms with Crippen molar-refractivity contribution in [1.82, 2.24) is 5.32 Å². The molecule has 1 atom stereocenters. The summed E-state index contributed by atoms with van der Waals surface area (Å²) in [5.41, 5.74) is 2.03. The molecule has 1 unspecified atom stereocenters. The minimum atomic E-state index is -0.474. The van der Waals surface area contributed by atoms with E-state index in [-0.39, 0.29) is 12.2 Å². The van der Waals surface area contributed by atoms with Crippen molar-refractivity contribution in [3.8, 4) is 5.75 Å². The summed E-state index contributed by atoms with van der Waals surface area (Å²) in [4.78, 5) is 11.5. The number of hydrogen-bond donors (Lipinski definition) is 1. The van der Waals surface area contributed by atoms with E-state index in [2.05, 4.69) is 72.0 Å². The van der Waals surface area contributed by atoms with Gasteiger partial charge in [0, 0.05) is 0 Å². The van der Waals surface area contributed by atoms with E-state index in [1.165, 1.54) is 18.4 Å². The van der Waals surface area contributed by atoms with Crippen molar-refractivity contribution in [2.75, 3.05) is 6.61 Å². The lowest BCUT2D eigenvalue weighted by Gasteiger charge is -2.29. The van der Waals surface area contributed by atoms with Gasteiger partial charge in [-0.2, -0.15) is 0 Å². The van der Waals surface area contributed by atoms with E-state index in [0.717, 1.165) is 34.9 Å². The Labute approximate surface area is 177 Å². The van der Waals surface area contributed by atoms with Gasteiger partial charge in [0.25, 0.3) is 0 Å². The van der Waals surface area contributed by atoms with Crippen LogP contribution in [0.15, 0.2) is 66.7 Å². The van der Waals surface area contributed by atoms with Gasteiger partial charge >= 0.3 is 6.09 Å². The number of carbonyl (C=O) groups is 1. The first-order chi connectivity index (χ1) is 14.6. The minimum Gasteiger partial charge on any atom is -0.490 e. The number of ether oxygens (including phenoxy) is 2. The minimum absolute atomic E-state index is 0.284. The molecule has 1 saturated carbocycles. The zero-order valence-corrected chi connectivity index (χ0v) is 17.3. The molecule has 0 spiro atoms. The second kappa shape index (κ2) is 7.67. The molecule has 1 aliphatic carbocycles. The first-order valence-corrected chi connectivity index (χ1v) is 10.8. The Kier molecular flexibility index (Phi) is 4.86. The fraction of sp³-hybridized carbons (Fsp3) is 0.346. The summed E-state index contributed by atoms with van der Waals surface area (Å²) in [6, 6.07) is 23.4. The van der Waals surface area contributed by atoms with Crippen molar-refractivity contribution >= 4 is 16.9 Å². The maximum absolute atomic E-state index is 11.5. The number of cyclic esters (lactones) is 1. The van der Waals surface area contributed by atoms with Crippen molar-refractivity contribution < 1.29 is 14.3 Å². The van der Waals surface area contributed by atoms with Crippen LogP contribution in [0.25, 0.3) is 10.8 Å². The van der Waals surface area contributed by atoms with Gasteiger partial charge in [-0.05, 0) is 78.6 Å². The predicted molar refractivity (Wildman–Crippen MR) is 118 cm³/mol. The Morgan fingerprint density at radius 3 is 2.40 bits per heavy atom. The van der Waals surface area contributed by atoms with Gasteiger partial charge in [0.1, 0.15) is 12.4 Å². The van der Waals surface area contributed by atoms with Gasteiger partial charge < -0.3 is 14.8 Å². The molecule has 1 heterocycles. The van der Waals surface area contributed by atoms with E-state index in [9.17, 15) is 4.79 Å². The normalized spacial score (nSPS) is 26.2. The smallest absolute Gasteiger partial charge is 0.408 e. The van der Waals surface area contributed by atoms with Crippen LogP contribution in [-0.2, 0) is 10.3 Å². The Morgan fingerprint density at radius 2 is 1.67 bits per heavy atom. The summed E-state index contributed by atoms with van der Waals surface area (Å²) in [5.74, 6) is 1.59. The molecule has 1 N–H and O–H groups in total. The summed E-state index contributed by atoms with van der Waals surface area (Å²) < 4.78 is 11.4. The van der Waals surface area contributed by atoms with Crippen LogP contribution in [0.1, 0.15) is 49.7 Å². The van der Waals surface area contributed by atoms with E-state index < -0.39 is 5.54 Å². The van der Waals surface area contributed by atoms with Crippen LogP contribution in [0, 0.1) is 0 Å². The highest BCUT2D eigenvalue weighted by Gasteiger charge is 2.36. The SMILES string of the molecule is CC1(c2ccc3cc(OC4CCC(c5ccccc5)CC4)ccc3c2)COC(=O)N1. The van der Waals surface area contributed by atoms with Crippen LogP contribution in [0.4, 0.5) is 4.79 Å². The molecular formula is C26H27NO3. The molecule has 1 saturated heterocycles. The van der Waals surface area contributed by atoms with Gasteiger partial charge in [-0.25, -0.2) is 4.79 Å². The molecule has 3 aromatic rings. The van der Waals surface area contributed by atoms with Crippen LogP contribution in [0.5, 0.6) is 5.75 Å². The van der Waals surface area contributed by atoms with Crippen LogP contribution in [0.2, 0.25) is 0 Å². The highest BCUT2D eigenvalue weighted by atomic mass is 16.6. The molecule has 4 heteroatoms. The molecule has 0 aromatic heterocycles. The lowest BCUT2D eigenvalue weighted by Crippen LogP contribution is -2.37. The van der Waals surface area contributed by atoms with Gasteiger partial charge in [0.2, 0.25) is 0 Å². The Balaban J connectivity index is 1.26. The summed E-state index contributed by atoms with van der Waals surface area (Å²) >= 11 is 0. The molecule has 3 aromatic carbocycles. The molecular weight excluding hydrogens is 374 g/mol. The van der Waals surface area contributed by atoms with Crippen LogP contribution < -0.4 is 10.1 Å². The molecule has 154 valence electrons. The average Bonchev–Trinajstić information content (AvgIpc) is 3.14. The van der Waals surface area contributed by atoms with Crippen molar-refractivity contribution in [3.05, 3.63) is 77.9 Å². The van der Waals surface area contributed by atoms with Crippen LogP contribution in [0.3, 0.4) is 0 Å². The molecule has 5 rings (SSSR count). The first kappa shape index (κ1) is 19.0. The van der Waals surface area contributed by atoms with Crippen molar-refractivity contribution in [1.29, 1.82) is 0 Å². The van der Waals surface area contributed by atoms with E-state index >= 15 is 0 Å². The molecule has 30 heavy (non-hydrogen) atoms. The molecule has 4 nitrogen and oxygen atoms in total. The molecule has 1 aliphatic heterocycles. The highest BCUT2D eigenvalue weighted by Crippen LogP contribution is 2.35. The number of alkyl carbamates (subject to hydrolysis) is 1. The van der Waals surface area contributed by atoms with Gasteiger partial charge in [0.05, 0.1) is 11.6 Å². The largest absolute Gasteiger partial charge is 0.490 e. The summed E-state index contributed by atoms with van der Waals surface area (Å²) in [5, 5.41) is 5.18. The average molecular weight is 402 g/mol. The Morgan fingerprint density at radius 1 is 0.933 bits per heavy atom. The zero-order chi connectivity index (χ0) is 20.6. The van der Waals surface area contributed by atoms with E-state index in [4.69, 9.17) is 9.47 Å². The fourth-order valence-electron chi connectivity index (χ4n) is 4.73. The van der Waals surface area contributed by atoms with E-state index in [1.54, 1.807) is 0 Å². The van der Waals surface area contributed by atoms with Gasteiger partial charge in [0.15, 0.2) is 0 Å². The lowest BCUT2D eigenvalue weighted by atomic mass is 9.83. The zero-order valence-electron chi connectivity index (χ0n) is 17.3. The number of fused-ring (bicyclic) bond motifs is 1. The quantitative estimate of drug-likeness (QED) is 0.592. The molecule has 1 amide bonds. The summed E-state index contributed by atoms with van der Waals surface area (Å²) in [6.07, 6.45) is 4.47. The van der Waals surface area contributed by atoms with Crippen molar-refractivity contribution in [2.45, 2.75) is 50.2 Å². The number of rotatable bonds is 4. The second-order valence-electron chi connectivity index (χ2n) is 8.76. The summed E-state index contributed by atoms with van der Waals surface area (Å²) in [6.45, 7) is 2.34. The standard InChI is InChI=1S/C26H27NO3/c1-26(17-29-25(28)27-26)22-11-7-21-16-24(14-10-20(21)15-22)30-23-12-8-19(9-13-23)18-5-3-2-4-6-18/h2-7,10-11,14-16,19,23H,8-9,12-13,17H2,1H3,(H,27,28). The van der Waals surface area contributed by atoms with Crippen LogP contribution in [-0.4, -0.2) is 18.8 Å². The molecule has 2 aliphatic rings. The first-order valence-electron chi connectivity index (χ1n) is 10.8. The van der Waals surface area contributed by atoms with Crippen LogP contribution >= 0.6 is 0 Å². The highest BCUT2D eigenvalue weighted by molar-refractivity contribution is 5.85. The van der Waals surface area contributed by atoms with Crippen molar-refractivity contribution in [2.24, 2.45) is 0 Å². The molecule has 2 fully saturated rings. The number of benzene rings is 3. The second-order valence-corrected chi connectivity index (χ2v) is 8.76. The van der Waals surface area contributed by atoms with Gasteiger partial charge in [-0.1, -0.05) is 48.5 Å². The Bertz CT molecular complexity index is 1060. The topological polar surface area (TPSA) is 47.6 Å². The van der Waals surface area contributed by atoms with Gasteiger partial charge in [-0.3, -0.25) is 0 Å². The van der Waals surface area contributed by atoms with E-state index in [0.29, 0.717) is 12.5 Å². The fourth-order valence-corrected chi connectivity index (χ4v) is 4.73. The number of carbonyl (C=O) groups excluding carboxylic acids is 1. The number of amides is 1. The number of nitrogens with one attached hydrogen (secondary N) is 1. The maximum atomic E-state index is 11.5. The number of hydrogen-bond acceptors (Lipinski definition) is 3. The monoisotopic (exact) mass is 401 g/mol. The molecule has 0 bridgehead atoms. The van der Waals surface area contributed by atoms with Crippen molar-refractivity contribution in [3.63, 3.8) is 0 Å².